The average molecular weight is 244 g/mol. The lowest BCUT2D eigenvalue weighted by atomic mass is 10.1. The molecule has 0 amide bonds. The van der Waals surface area contributed by atoms with Crippen molar-refractivity contribution in [3.8, 4) is 0 Å². The lowest BCUT2D eigenvalue weighted by molar-refractivity contribution is -0.132. The third kappa shape index (κ3) is 2.18. The smallest absolute Gasteiger partial charge is 0.331 e. The Morgan fingerprint density at radius 1 is 1.39 bits per heavy atom. The molecule has 0 saturated heterocycles. The minimum atomic E-state index is -1.06. The van der Waals surface area contributed by atoms with E-state index >= 15 is 0 Å². The third-order valence-corrected chi connectivity index (χ3v) is 2.66. The highest BCUT2D eigenvalue weighted by Crippen LogP contribution is 2.14. The molecule has 0 unspecified atom stereocenters. The van der Waals surface area contributed by atoms with Crippen LogP contribution in [0.5, 0.6) is 0 Å². The van der Waals surface area contributed by atoms with E-state index in [-0.39, 0.29) is 16.6 Å². The molecule has 0 saturated carbocycles. The zero-order valence-electron chi connectivity index (χ0n) is 10.1. The Balaban J connectivity index is 2.68. The van der Waals surface area contributed by atoms with Crippen LogP contribution < -0.4 is 5.43 Å². The van der Waals surface area contributed by atoms with Crippen molar-refractivity contribution in [2.24, 2.45) is 0 Å². The molecule has 18 heavy (non-hydrogen) atoms. The summed E-state index contributed by atoms with van der Waals surface area (Å²) >= 11 is 0. The van der Waals surface area contributed by atoms with Gasteiger partial charge < -0.3 is 9.52 Å². The minimum absolute atomic E-state index is 0.0919. The molecule has 4 heteroatoms. The number of aliphatic carboxylic acids is 1. The molecule has 92 valence electrons. The van der Waals surface area contributed by atoms with Gasteiger partial charge in [-0.2, -0.15) is 0 Å². The summed E-state index contributed by atoms with van der Waals surface area (Å²) < 4.78 is 5.32. The Hall–Kier alpha value is -2.36. The Bertz CT molecular complexity index is 707. The Labute approximate surface area is 103 Å². The van der Waals surface area contributed by atoms with Gasteiger partial charge in [0.2, 0.25) is 0 Å². The number of carbonyl (C=O) groups is 1. The van der Waals surface area contributed by atoms with Gasteiger partial charge in [0.1, 0.15) is 11.8 Å². The highest BCUT2D eigenvalue weighted by Gasteiger charge is 2.07. The molecular formula is C14H12O4. The highest BCUT2D eigenvalue weighted by molar-refractivity contribution is 5.92. The number of rotatable bonds is 2. The summed E-state index contributed by atoms with van der Waals surface area (Å²) in [4.78, 5) is 22.9. The number of carboxylic acid groups (broad SMARTS) is 1. The second kappa shape index (κ2) is 4.49. The van der Waals surface area contributed by atoms with Gasteiger partial charge in [0, 0.05) is 5.57 Å². The van der Waals surface area contributed by atoms with Crippen molar-refractivity contribution in [2.45, 2.75) is 13.8 Å². The molecule has 0 fully saturated rings. The van der Waals surface area contributed by atoms with Crippen LogP contribution in [-0.2, 0) is 4.79 Å². The van der Waals surface area contributed by atoms with Crippen molar-refractivity contribution in [1.82, 2.24) is 0 Å². The Morgan fingerprint density at radius 3 is 2.78 bits per heavy atom. The average Bonchev–Trinajstić information content (AvgIpc) is 2.33. The van der Waals surface area contributed by atoms with Crippen LogP contribution in [0.15, 0.2) is 39.2 Å². The van der Waals surface area contributed by atoms with Gasteiger partial charge in [-0.15, -0.1) is 0 Å². The fourth-order valence-corrected chi connectivity index (χ4v) is 1.65. The molecule has 4 nitrogen and oxygen atoms in total. The predicted octanol–water partition coefficient (Wildman–Crippen LogP) is 2.59. The molecule has 1 heterocycles. The van der Waals surface area contributed by atoms with E-state index < -0.39 is 5.97 Å². The quantitative estimate of drug-likeness (QED) is 0.824. The summed E-state index contributed by atoms with van der Waals surface area (Å²) in [6.45, 7) is 3.31. The fraction of sp³-hybridized carbons (Fsp3) is 0.143. The van der Waals surface area contributed by atoms with E-state index in [0.717, 1.165) is 5.56 Å². The summed E-state index contributed by atoms with van der Waals surface area (Å²) in [5.41, 5.74) is 1.56. The highest BCUT2D eigenvalue weighted by atomic mass is 16.4. The number of carboxylic acids is 1. The Kier molecular flexibility index (Phi) is 3.02. The molecule has 2 aromatic rings. The van der Waals surface area contributed by atoms with Gasteiger partial charge in [-0.1, -0.05) is 11.6 Å². The van der Waals surface area contributed by atoms with Crippen molar-refractivity contribution >= 4 is 23.0 Å². The Morgan fingerprint density at radius 2 is 2.11 bits per heavy atom. The lowest BCUT2D eigenvalue weighted by Gasteiger charge is -2.00. The number of hydrogen-bond acceptors (Lipinski definition) is 3. The van der Waals surface area contributed by atoms with Crippen LogP contribution in [0.4, 0.5) is 0 Å². The van der Waals surface area contributed by atoms with Crippen LogP contribution in [0, 0.1) is 6.92 Å². The summed E-state index contributed by atoms with van der Waals surface area (Å²) in [5.74, 6) is -1.06. The first-order chi connectivity index (χ1) is 8.49. The van der Waals surface area contributed by atoms with E-state index in [1.807, 2.05) is 13.0 Å². The number of fused-ring (bicyclic) bond motifs is 1. The van der Waals surface area contributed by atoms with E-state index in [4.69, 9.17) is 9.52 Å². The molecule has 0 atom stereocenters. The van der Waals surface area contributed by atoms with Gasteiger partial charge in [-0.05, 0) is 32.1 Å². The molecule has 0 bridgehead atoms. The van der Waals surface area contributed by atoms with Gasteiger partial charge in [-0.3, -0.25) is 4.79 Å². The fourth-order valence-electron chi connectivity index (χ4n) is 1.65. The van der Waals surface area contributed by atoms with Crippen molar-refractivity contribution in [3.05, 3.63) is 51.4 Å². The molecule has 1 N–H and O–H groups in total. The maximum absolute atomic E-state index is 12.1. The van der Waals surface area contributed by atoms with Crippen molar-refractivity contribution in [1.29, 1.82) is 0 Å². The molecule has 0 radical (unpaired) electrons. The van der Waals surface area contributed by atoms with Crippen molar-refractivity contribution in [3.63, 3.8) is 0 Å². The van der Waals surface area contributed by atoms with Gasteiger partial charge in [-0.25, -0.2) is 4.79 Å². The number of benzene rings is 1. The van der Waals surface area contributed by atoms with Crippen molar-refractivity contribution < 1.29 is 14.3 Å². The summed E-state index contributed by atoms with van der Waals surface area (Å²) in [6, 6.07) is 5.31. The van der Waals surface area contributed by atoms with Crippen LogP contribution in [-0.4, -0.2) is 11.1 Å². The largest absolute Gasteiger partial charge is 0.478 e. The second-order valence-corrected chi connectivity index (χ2v) is 4.15. The predicted molar refractivity (Wildman–Crippen MR) is 68.5 cm³/mol. The molecule has 1 aromatic heterocycles. The van der Waals surface area contributed by atoms with Gasteiger partial charge >= 0.3 is 5.97 Å². The summed E-state index contributed by atoms with van der Waals surface area (Å²) in [5, 5.41) is 9.25. The number of hydrogen-bond donors (Lipinski definition) is 1. The molecule has 0 aliphatic heterocycles. The standard InChI is InChI=1S/C14H12O4/c1-8-3-4-12-11(5-8)13(15)10(7-18-12)6-9(2)14(16)17/h3-7H,1-2H3,(H,16,17)/b9-6+. The normalized spacial score (nSPS) is 11.8. The summed E-state index contributed by atoms with van der Waals surface area (Å²) in [7, 11) is 0. The molecule has 0 aliphatic rings. The zero-order chi connectivity index (χ0) is 13.3. The molecule has 2 rings (SSSR count). The van der Waals surface area contributed by atoms with E-state index in [9.17, 15) is 9.59 Å². The van der Waals surface area contributed by atoms with Crippen LogP contribution in [0.1, 0.15) is 18.1 Å². The second-order valence-electron chi connectivity index (χ2n) is 4.15. The van der Waals surface area contributed by atoms with Gasteiger partial charge in [0.05, 0.1) is 10.9 Å². The first-order valence-corrected chi connectivity index (χ1v) is 5.43. The van der Waals surface area contributed by atoms with E-state index in [0.29, 0.717) is 11.0 Å². The first-order valence-electron chi connectivity index (χ1n) is 5.43. The monoisotopic (exact) mass is 244 g/mol. The molecule has 0 spiro atoms. The SMILES string of the molecule is C/C(=C\c1coc2ccc(C)cc2c1=O)C(=O)O. The maximum atomic E-state index is 12.1. The maximum Gasteiger partial charge on any atom is 0.331 e. The van der Waals surface area contributed by atoms with Crippen LogP contribution >= 0.6 is 0 Å². The zero-order valence-corrected chi connectivity index (χ0v) is 10.1. The molecular weight excluding hydrogens is 232 g/mol. The van der Waals surface area contributed by atoms with Crippen LogP contribution in [0.3, 0.4) is 0 Å². The van der Waals surface area contributed by atoms with E-state index in [1.165, 1.54) is 19.3 Å². The van der Waals surface area contributed by atoms with Gasteiger partial charge in [0.15, 0.2) is 5.43 Å². The van der Waals surface area contributed by atoms with E-state index in [1.54, 1.807) is 12.1 Å². The van der Waals surface area contributed by atoms with Crippen LogP contribution in [0.25, 0.3) is 17.0 Å². The minimum Gasteiger partial charge on any atom is -0.478 e. The van der Waals surface area contributed by atoms with E-state index in [2.05, 4.69) is 0 Å². The topological polar surface area (TPSA) is 67.5 Å². The van der Waals surface area contributed by atoms with Crippen molar-refractivity contribution in [2.75, 3.05) is 0 Å². The lowest BCUT2D eigenvalue weighted by Crippen LogP contribution is -2.06. The van der Waals surface area contributed by atoms with Crippen LogP contribution in [0.2, 0.25) is 0 Å². The summed E-state index contributed by atoms with van der Waals surface area (Å²) in [6.07, 6.45) is 2.60. The van der Waals surface area contributed by atoms with Gasteiger partial charge in [0.25, 0.3) is 0 Å². The third-order valence-electron chi connectivity index (χ3n) is 2.66. The first kappa shape index (κ1) is 12.1. The molecule has 1 aromatic carbocycles. The molecule has 0 aliphatic carbocycles. The number of aryl methyl sites for hydroxylation is 1.